The number of aryl methyl sites for hydroxylation is 1. The van der Waals surface area contributed by atoms with E-state index >= 15 is 0 Å². The molecule has 98 valence electrons. The van der Waals surface area contributed by atoms with Crippen LogP contribution in [0.5, 0.6) is 0 Å². The summed E-state index contributed by atoms with van der Waals surface area (Å²) < 4.78 is 1.00. The maximum atomic E-state index is 11.1. The minimum absolute atomic E-state index is 0.0720. The van der Waals surface area contributed by atoms with E-state index in [0.29, 0.717) is 18.2 Å². The Bertz CT molecular complexity index is 599. The largest absolute Gasteiger partial charge is 0.477 e. The molecule has 0 bridgehead atoms. The summed E-state index contributed by atoms with van der Waals surface area (Å²) in [5.74, 6) is -0.176. The smallest absolute Gasteiger partial charge is 0.341 e. The molecule has 1 aromatic heterocycles. The molecule has 1 heterocycles. The Hall–Kier alpha value is -1.95. The lowest BCUT2D eigenvalue weighted by atomic mass is 10.2. The molecule has 2 aromatic rings. The number of carboxylic acids is 1. The second-order valence-corrected chi connectivity index (χ2v) is 4.88. The molecule has 6 heteroatoms. The highest BCUT2D eigenvalue weighted by molar-refractivity contribution is 9.10. The summed E-state index contributed by atoms with van der Waals surface area (Å²) in [4.78, 5) is 19.1. The van der Waals surface area contributed by atoms with Gasteiger partial charge in [-0.2, -0.15) is 0 Å². The molecular weight excluding hydrogens is 310 g/mol. The molecule has 0 saturated heterocycles. The first-order chi connectivity index (χ1) is 9.06. The summed E-state index contributed by atoms with van der Waals surface area (Å²) in [6.45, 7) is 2.22. The van der Waals surface area contributed by atoms with Gasteiger partial charge in [-0.05, 0) is 24.6 Å². The van der Waals surface area contributed by atoms with Crippen LogP contribution >= 0.6 is 15.9 Å². The third kappa shape index (κ3) is 3.51. The number of carboxylic acid groups (broad SMARTS) is 1. The molecule has 0 aliphatic heterocycles. The first-order valence-corrected chi connectivity index (χ1v) is 6.41. The number of nitrogens with one attached hydrogen (secondary N) is 1. The van der Waals surface area contributed by atoms with Crippen LogP contribution in [0.15, 0.2) is 34.9 Å². The monoisotopic (exact) mass is 321 g/mol. The van der Waals surface area contributed by atoms with Crippen LogP contribution in [-0.2, 0) is 6.54 Å². The van der Waals surface area contributed by atoms with Gasteiger partial charge in [-0.25, -0.2) is 14.8 Å². The van der Waals surface area contributed by atoms with Crippen LogP contribution in [0.3, 0.4) is 0 Å². The number of nitrogens with zero attached hydrogens (tertiary/aromatic N) is 2. The standard InChI is InChI=1S/C13H12BrN3O2/c1-8-15-7-11(13(18)19)12(17-8)16-6-9-2-4-10(14)5-3-9/h2-5,7H,6H2,1H3,(H,18,19)(H,15,16,17). The summed E-state index contributed by atoms with van der Waals surface area (Å²) in [6, 6.07) is 7.76. The molecule has 2 rings (SSSR count). The van der Waals surface area contributed by atoms with Crippen LogP contribution in [0.1, 0.15) is 21.7 Å². The zero-order valence-corrected chi connectivity index (χ0v) is 11.8. The van der Waals surface area contributed by atoms with E-state index in [1.165, 1.54) is 6.20 Å². The fourth-order valence-corrected chi connectivity index (χ4v) is 1.81. The Morgan fingerprint density at radius 3 is 2.68 bits per heavy atom. The van der Waals surface area contributed by atoms with Crippen LogP contribution in [0.4, 0.5) is 5.82 Å². The van der Waals surface area contributed by atoms with Gasteiger partial charge < -0.3 is 10.4 Å². The Balaban J connectivity index is 2.16. The molecule has 1 aromatic carbocycles. The average molecular weight is 322 g/mol. The first kappa shape index (κ1) is 13.5. The van der Waals surface area contributed by atoms with Crippen molar-refractivity contribution in [2.75, 3.05) is 5.32 Å². The third-order valence-electron chi connectivity index (χ3n) is 2.51. The molecule has 19 heavy (non-hydrogen) atoms. The number of rotatable bonds is 4. The normalized spacial score (nSPS) is 10.2. The topological polar surface area (TPSA) is 75.1 Å². The highest BCUT2D eigenvalue weighted by atomic mass is 79.9. The van der Waals surface area contributed by atoms with E-state index < -0.39 is 5.97 Å². The molecule has 0 saturated carbocycles. The van der Waals surface area contributed by atoms with E-state index in [1.807, 2.05) is 24.3 Å². The van der Waals surface area contributed by atoms with E-state index in [9.17, 15) is 4.79 Å². The predicted molar refractivity (Wildman–Crippen MR) is 75.2 cm³/mol. The Kier molecular flexibility index (Phi) is 4.11. The number of aromatic nitrogens is 2. The Labute approximate surface area is 118 Å². The third-order valence-corrected chi connectivity index (χ3v) is 3.04. The van der Waals surface area contributed by atoms with Crippen LogP contribution < -0.4 is 5.32 Å². The lowest BCUT2D eigenvalue weighted by Crippen LogP contribution is -2.10. The van der Waals surface area contributed by atoms with Gasteiger partial charge in [-0.15, -0.1) is 0 Å². The number of anilines is 1. The van der Waals surface area contributed by atoms with Crippen LogP contribution in [0.2, 0.25) is 0 Å². The van der Waals surface area contributed by atoms with Gasteiger partial charge in [0.15, 0.2) is 0 Å². The zero-order valence-electron chi connectivity index (χ0n) is 10.2. The summed E-state index contributed by atoms with van der Waals surface area (Å²) in [5, 5.41) is 12.1. The first-order valence-electron chi connectivity index (χ1n) is 5.61. The van der Waals surface area contributed by atoms with Gasteiger partial charge in [0.05, 0.1) is 0 Å². The molecule has 0 radical (unpaired) electrons. The Morgan fingerprint density at radius 2 is 2.05 bits per heavy atom. The van der Waals surface area contributed by atoms with E-state index in [2.05, 4.69) is 31.2 Å². The van der Waals surface area contributed by atoms with Crippen molar-refractivity contribution in [1.29, 1.82) is 0 Å². The van der Waals surface area contributed by atoms with E-state index in [-0.39, 0.29) is 5.56 Å². The molecule has 0 unspecified atom stereocenters. The van der Waals surface area contributed by atoms with Crippen molar-refractivity contribution in [3.63, 3.8) is 0 Å². The number of benzene rings is 1. The van der Waals surface area contributed by atoms with E-state index in [1.54, 1.807) is 6.92 Å². The summed E-state index contributed by atoms with van der Waals surface area (Å²) in [7, 11) is 0. The fourth-order valence-electron chi connectivity index (χ4n) is 1.55. The zero-order chi connectivity index (χ0) is 13.8. The minimum atomic E-state index is -1.04. The van der Waals surface area contributed by atoms with Crippen molar-refractivity contribution in [3.05, 3.63) is 51.9 Å². The molecule has 0 fully saturated rings. The van der Waals surface area contributed by atoms with Gasteiger partial charge >= 0.3 is 5.97 Å². The molecule has 0 atom stereocenters. The van der Waals surface area contributed by atoms with Crippen molar-refractivity contribution < 1.29 is 9.90 Å². The SMILES string of the molecule is Cc1ncc(C(=O)O)c(NCc2ccc(Br)cc2)n1. The van der Waals surface area contributed by atoms with Crippen molar-refractivity contribution >= 4 is 27.7 Å². The molecule has 0 aliphatic rings. The number of halogens is 1. The van der Waals surface area contributed by atoms with Crippen molar-refractivity contribution in [3.8, 4) is 0 Å². The maximum absolute atomic E-state index is 11.1. The number of aromatic carboxylic acids is 1. The fraction of sp³-hybridized carbons (Fsp3) is 0.154. The van der Waals surface area contributed by atoms with Crippen molar-refractivity contribution in [2.45, 2.75) is 13.5 Å². The van der Waals surface area contributed by atoms with Crippen LogP contribution in [0.25, 0.3) is 0 Å². The minimum Gasteiger partial charge on any atom is -0.477 e. The van der Waals surface area contributed by atoms with Crippen molar-refractivity contribution in [2.24, 2.45) is 0 Å². The summed E-state index contributed by atoms with van der Waals surface area (Å²) in [5.41, 5.74) is 1.11. The Morgan fingerprint density at radius 1 is 1.37 bits per heavy atom. The summed E-state index contributed by atoms with van der Waals surface area (Å²) >= 11 is 3.36. The van der Waals surface area contributed by atoms with Gasteiger partial charge in [-0.1, -0.05) is 28.1 Å². The predicted octanol–water partition coefficient (Wildman–Crippen LogP) is 2.86. The second kappa shape index (κ2) is 5.79. The van der Waals surface area contributed by atoms with Crippen molar-refractivity contribution in [1.82, 2.24) is 9.97 Å². The maximum Gasteiger partial charge on any atom is 0.341 e. The number of hydrogen-bond donors (Lipinski definition) is 2. The number of hydrogen-bond acceptors (Lipinski definition) is 4. The molecule has 0 spiro atoms. The second-order valence-electron chi connectivity index (χ2n) is 3.96. The van der Waals surface area contributed by atoms with Gasteiger partial charge in [0, 0.05) is 17.2 Å². The summed E-state index contributed by atoms with van der Waals surface area (Å²) in [6.07, 6.45) is 1.31. The van der Waals surface area contributed by atoms with Crippen LogP contribution in [0, 0.1) is 6.92 Å². The van der Waals surface area contributed by atoms with E-state index in [0.717, 1.165) is 10.0 Å². The number of carbonyl (C=O) groups is 1. The van der Waals surface area contributed by atoms with Gasteiger partial charge in [0.25, 0.3) is 0 Å². The van der Waals surface area contributed by atoms with Gasteiger partial charge in [0.1, 0.15) is 17.2 Å². The molecule has 5 nitrogen and oxygen atoms in total. The molecule has 2 N–H and O–H groups in total. The molecule has 0 aliphatic carbocycles. The quantitative estimate of drug-likeness (QED) is 0.905. The van der Waals surface area contributed by atoms with Gasteiger partial charge in [0.2, 0.25) is 0 Å². The highest BCUT2D eigenvalue weighted by Gasteiger charge is 2.12. The molecule has 0 amide bonds. The van der Waals surface area contributed by atoms with Crippen LogP contribution in [-0.4, -0.2) is 21.0 Å². The lowest BCUT2D eigenvalue weighted by Gasteiger charge is -2.09. The molecular formula is C13H12BrN3O2. The lowest BCUT2D eigenvalue weighted by molar-refractivity contribution is 0.0697. The highest BCUT2D eigenvalue weighted by Crippen LogP contribution is 2.15. The average Bonchev–Trinajstić information content (AvgIpc) is 2.38. The van der Waals surface area contributed by atoms with E-state index in [4.69, 9.17) is 5.11 Å². The van der Waals surface area contributed by atoms with Gasteiger partial charge in [-0.3, -0.25) is 0 Å².